The quantitative estimate of drug-likeness (QED) is 0.135. The van der Waals surface area contributed by atoms with Gasteiger partial charge in [0.25, 0.3) is 0 Å². The molecule has 0 unspecified atom stereocenters. The van der Waals surface area contributed by atoms with Crippen LogP contribution in [-0.4, -0.2) is 89.4 Å². The molecule has 1 atom stereocenters. The number of carboxylic acids is 7. The Kier molecular flexibility index (Phi) is 22.9. The second-order valence-electron chi connectivity index (χ2n) is 5.01. The number of aliphatic carboxylic acids is 7. The normalized spacial score (nSPS) is 9.48. The van der Waals surface area contributed by atoms with E-state index in [4.69, 9.17) is 41.5 Å². The van der Waals surface area contributed by atoms with Crippen molar-refractivity contribution in [2.75, 3.05) is 0 Å². The highest BCUT2D eigenvalue weighted by Gasteiger charge is 2.14. The highest BCUT2D eigenvalue weighted by atomic mass is 16.4. The zero-order valence-electron chi connectivity index (χ0n) is 16.1. The van der Waals surface area contributed by atoms with Gasteiger partial charge in [-0.2, -0.15) is 0 Å². The van der Waals surface area contributed by atoms with Gasteiger partial charge in [-0.05, 0) is 6.42 Å². The van der Waals surface area contributed by atoms with Crippen molar-refractivity contribution in [3.05, 3.63) is 0 Å². The molecule has 0 saturated heterocycles. The number of carbonyl (C=O) groups is 8. The van der Waals surface area contributed by atoms with E-state index in [1.54, 1.807) is 0 Å². The van der Waals surface area contributed by atoms with Crippen LogP contribution in [0.25, 0.3) is 0 Å². The first kappa shape index (κ1) is 34.4. The maximum absolute atomic E-state index is 9.85. The molecule has 0 rings (SSSR count). The average Bonchev–Trinajstić information content (AvgIpc) is 2.53. The largest absolute Gasteiger partial charge is 0.481 e. The van der Waals surface area contributed by atoms with Gasteiger partial charge in [0.1, 0.15) is 12.5 Å². The zero-order chi connectivity index (χ0) is 25.7. The minimum absolute atomic E-state index is 0.0632. The van der Waals surface area contributed by atoms with Crippen LogP contribution < -0.4 is 5.73 Å². The van der Waals surface area contributed by atoms with E-state index in [1.165, 1.54) is 0 Å². The van der Waals surface area contributed by atoms with E-state index in [0.29, 0.717) is 0 Å². The number of nitrogens with two attached hydrogens (primary N) is 1. The van der Waals surface area contributed by atoms with Crippen LogP contribution in [0, 0.1) is 0 Å². The molecule has 16 heteroatoms. The Hall–Kier alpha value is -4.08. The van der Waals surface area contributed by atoms with E-state index >= 15 is 0 Å². The fourth-order valence-corrected chi connectivity index (χ4v) is 0.796. The molecule has 0 aliphatic carbocycles. The molecule has 0 aliphatic heterocycles. The Labute approximate surface area is 173 Å². The topological polar surface area (TPSA) is 304 Å². The fourth-order valence-electron chi connectivity index (χ4n) is 0.796. The number of carboxylic acid groups (broad SMARTS) is 7. The maximum Gasteiger partial charge on any atom is 0.371 e. The van der Waals surface area contributed by atoms with Crippen LogP contribution in [0.15, 0.2) is 0 Å². The third kappa shape index (κ3) is 46.2. The molecule has 0 aromatic heterocycles. The van der Waals surface area contributed by atoms with Crippen LogP contribution in [0.2, 0.25) is 0 Å². The van der Waals surface area contributed by atoms with E-state index in [1.807, 2.05) is 0 Å². The van der Waals surface area contributed by atoms with Crippen LogP contribution in [-0.2, 0) is 38.4 Å². The number of hydrogen-bond donors (Lipinski definition) is 8. The van der Waals surface area contributed by atoms with E-state index in [-0.39, 0.29) is 19.3 Å². The summed E-state index contributed by atoms with van der Waals surface area (Å²) in [4.78, 5) is 76.9. The summed E-state index contributed by atoms with van der Waals surface area (Å²) in [5, 5.41) is 55.1. The molecule has 9 N–H and O–H groups in total. The van der Waals surface area contributed by atoms with Crippen LogP contribution in [0.1, 0.15) is 39.0 Å². The molecule has 178 valence electrons. The molecule has 0 fully saturated rings. The lowest BCUT2D eigenvalue weighted by Gasteiger charge is -1.99. The smallest absolute Gasteiger partial charge is 0.371 e. The first-order chi connectivity index (χ1) is 13.9. The van der Waals surface area contributed by atoms with Crippen LogP contribution in [0.3, 0.4) is 0 Å². The molecule has 0 aliphatic rings. The fraction of sp³-hybridized carbons (Fsp3) is 0.467. The van der Waals surface area contributed by atoms with Crippen molar-refractivity contribution >= 4 is 47.6 Å². The number of carbonyl (C=O) groups excluding carboxylic acids is 1. The molecule has 0 saturated carbocycles. The van der Waals surface area contributed by atoms with E-state index in [9.17, 15) is 38.4 Å². The summed E-state index contributed by atoms with van der Waals surface area (Å²) in [5.74, 6) is -9.22. The van der Waals surface area contributed by atoms with Gasteiger partial charge < -0.3 is 41.5 Å². The van der Waals surface area contributed by atoms with Gasteiger partial charge in [-0.1, -0.05) is 0 Å². The number of Topliss-reactive ketones (excluding diaryl/α,β-unsaturated/α-hetero) is 1. The second-order valence-corrected chi connectivity index (χ2v) is 5.01. The highest BCUT2D eigenvalue weighted by molar-refractivity contribution is 6.31. The maximum atomic E-state index is 9.85. The summed E-state index contributed by atoms with van der Waals surface area (Å²) < 4.78 is 0. The Balaban J connectivity index is -0.000000159. The van der Waals surface area contributed by atoms with Crippen molar-refractivity contribution in [1.29, 1.82) is 0 Å². The van der Waals surface area contributed by atoms with Crippen LogP contribution >= 0.6 is 0 Å². The summed E-state index contributed by atoms with van der Waals surface area (Å²) in [7, 11) is 0. The minimum Gasteiger partial charge on any atom is -0.481 e. The lowest BCUT2D eigenvalue weighted by Crippen LogP contribution is -2.32. The van der Waals surface area contributed by atoms with Crippen molar-refractivity contribution < 1.29 is 74.1 Å². The number of hydrogen-bond acceptors (Lipinski definition) is 9. The summed E-state index contributed by atoms with van der Waals surface area (Å²) in [6.07, 6.45) is -1.25. The SMILES string of the molecule is CC(=O)C(=O)O.N[C@@H](CC(=O)O)C(=O)O.O=C(O)CC(=O)O.O=C(O)CCCC(=O)O. The van der Waals surface area contributed by atoms with Crippen LogP contribution in [0.4, 0.5) is 0 Å². The average molecular weight is 457 g/mol. The molecule has 0 aromatic carbocycles. The zero-order valence-corrected chi connectivity index (χ0v) is 16.1. The van der Waals surface area contributed by atoms with Gasteiger partial charge in [0.2, 0.25) is 5.78 Å². The minimum atomic E-state index is -1.38. The molecule has 0 radical (unpaired) electrons. The Morgan fingerprint density at radius 1 is 0.645 bits per heavy atom. The van der Waals surface area contributed by atoms with Crippen molar-refractivity contribution in [3.63, 3.8) is 0 Å². The summed E-state index contributed by atoms with van der Waals surface area (Å²) >= 11 is 0. The number of rotatable bonds is 10. The molecular formula is C15H23NO15. The first-order valence-electron chi connectivity index (χ1n) is 7.75. The van der Waals surface area contributed by atoms with Gasteiger partial charge >= 0.3 is 41.8 Å². The Morgan fingerprint density at radius 3 is 1.06 bits per heavy atom. The standard InChI is InChI=1S/C5H8O4.C4H7NO4.C3H4O4.C3H4O3/c6-4(7)2-1-3-5(8)9;5-2(4(8)9)1-3(6)7;4-2(5)1-3(6)7;1-2(4)3(5)6/h1-3H2,(H,6,7)(H,8,9);2H,1,5H2,(H,6,7)(H,8,9);1H2,(H,4,5)(H,6,7);1H3,(H,5,6)/t;2-;;/m.0../s1. The van der Waals surface area contributed by atoms with Crippen molar-refractivity contribution in [2.45, 2.75) is 45.1 Å². The molecular weight excluding hydrogens is 434 g/mol. The predicted octanol–water partition coefficient (Wildman–Crippen LogP) is -1.60. The third-order valence-corrected chi connectivity index (χ3v) is 2.10. The number of ketones is 1. The van der Waals surface area contributed by atoms with Crippen LogP contribution in [0.5, 0.6) is 0 Å². The lowest BCUT2D eigenvalue weighted by atomic mass is 10.2. The third-order valence-electron chi connectivity index (χ3n) is 2.10. The summed E-state index contributed by atoms with van der Waals surface area (Å²) in [6.45, 7) is 1.00. The monoisotopic (exact) mass is 457 g/mol. The van der Waals surface area contributed by atoms with Gasteiger partial charge in [0.15, 0.2) is 0 Å². The van der Waals surface area contributed by atoms with Gasteiger partial charge in [-0.3, -0.25) is 33.6 Å². The molecule has 0 amide bonds. The van der Waals surface area contributed by atoms with Crippen molar-refractivity contribution in [3.8, 4) is 0 Å². The molecule has 0 heterocycles. The van der Waals surface area contributed by atoms with E-state index in [0.717, 1.165) is 6.92 Å². The molecule has 0 spiro atoms. The van der Waals surface area contributed by atoms with Gasteiger partial charge in [-0.25, -0.2) is 4.79 Å². The van der Waals surface area contributed by atoms with Gasteiger partial charge in [0.05, 0.1) is 6.42 Å². The molecule has 16 nitrogen and oxygen atoms in total. The summed E-state index contributed by atoms with van der Waals surface area (Å²) in [6, 6.07) is -1.29. The molecule has 31 heavy (non-hydrogen) atoms. The van der Waals surface area contributed by atoms with Crippen molar-refractivity contribution in [2.24, 2.45) is 5.73 Å². The predicted molar refractivity (Wildman–Crippen MR) is 95.2 cm³/mol. The lowest BCUT2D eigenvalue weighted by molar-refractivity contribution is -0.148. The summed E-state index contributed by atoms with van der Waals surface area (Å²) in [5.41, 5.74) is 4.84. The Morgan fingerprint density at radius 2 is 0.968 bits per heavy atom. The van der Waals surface area contributed by atoms with Gasteiger partial charge in [-0.15, -0.1) is 0 Å². The van der Waals surface area contributed by atoms with E-state index in [2.05, 4.69) is 0 Å². The van der Waals surface area contributed by atoms with Gasteiger partial charge in [0, 0.05) is 19.8 Å². The first-order valence-corrected chi connectivity index (χ1v) is 7.75. The molecule has 0 aromatic rings. The Bertz CT molecular complexity index is 617. The van der Waals surface area contributed by atoms with E-state index < -0.39 is 66.5 Å². The highest BCUT2D eigenvalue weighted by Crippen LogP contribution is 1.93. The second kappa shape index (κ2) is 20.6. The van der Waals surface area contributed by atoms with Crippen molar-refractivity contribution in [1.82, 2.24) is 0 Å². The molecule has 0 bridgehead atoms.